The molecule has 0 atom stereocenters. The average molecular weight is 264 g/mol. The normalized spacial score (nSPS) is 11.3. The highest BCUT2D eigenvalue weighted by Crippen LogP contribution is 2.11. The maximum Gasteiger partial charge on any atom is 0.405 e. The number of halogens is 3. The zero-order valence-electron chi connectivity index (χ0n) is 9.90. The molecule has 8 heteroatoms. The molecule has 102 valence electrons. The summed E-state index contributed by atoms with van der Waals surface area (Å²) in [6.45, 7) is 0.875. The minimum atomic E-state index is -4.38. The van der Waals surface area contributed by atoms with Gasteiger partial charge in [-0.15, -0.1) is 0 Å². The van der Waals surface area contributed by atoms with Gasteiger partial charge in [0, 0.05) is 12.2 Å². The zero-order chi connectivity index (χ0) is 13.6. The molecule has 0 fully saturated rings. The SMILES string of the molecule is Cc1[nH]ncc1CCCNC(=O)NCC(F)(F)F. The lowest BCUT2D eigenvalue weighted by Crippen LogP contribution is -2.41. The van der Waals surface area contributed by atoms with Crippen LogP contribution < -0.4 is 10.6 Å². The molecule has 1 heterocycles. The first-order valence-electron chi connectivity index (χ1n) is 5.46. The number of carbonyl (C=O) groups excluding carboxylic acids is 1. The van der Waals surface area contributed by atoms with E-state index in [9.17, 15) is 18.0 Å². The molecule has 0 bridgehead atoms. The summed E-state index contributed by atoms with van der Waals surface area (Å²) in [5, 5.41) is 10.7. The topological polar surface area (TPSA) is 69.8 Å². The molecular formula is C10H15F3N4O. The number of nitrogens with zero attached hydrogens (tertiary/aromatic N) is 1. The molecule has 18 heavy (non-hydrogen) atoms. The molecule has 0 radical (unpaired) electrons. The molecule has 0 aromatic carbocycles. The second-order valence-corrected chi connectivity index (χ2v) is 3.85. The van der Waals surface area contributed by atoms with Gasteiger partial charge in [0.1, 0.15) is 6.54 Å². The van der Waals surface area contributed by atoms with E-state index >= 15 is 0 Å². The molecule has 0 aliphatic heterocycles. The van der Waals surface area contributed by atoms with Crippen molar-refractivity contribution in [3.63, 3.8) is 0 Å². The lowest BCUT2D eigenvalue weighted by molar-refractivity contribution is -0.122. The third kappa shape index (κ3) is 5.55. The third-order valence-corrected chi connectivity index (χ3v) is 2.29. The number of hydrogen-bond acceptors (Lipinski definition) is 2. The van der Waals surface area contributed by atoms with Gasteiger partial charge in [-0.1, -0.05) is 0 Å². The summed E-state index contributed by atoms with van der Waals surface area (Å²) in [5.74, 6) is 0. The van der Waals surface area contributed by atoms with Crippen molar-refractivity contribution in [2.24, 2.45) is 0 Å². The van der Waals surface area contributed by atoms with Gasteiger partial charge in [-0.3, -0.25) is 5.10 Å². The van der Waals surface area contributed by atoms with Crippen molar-refractivity contribution < 1.29 is 18.0 Å². The number of aryl methyl sites for hydroxylation is 2. The van der Waals surface area contributed by atoms with Crippen LogP contribution in [0.4, 0.5) is 18.0 Å². The van der Waals surface area contributed by atoms with Gasteiger partial charge >= 0.3 is 12.2 Å². The Morgan fingerprint density at radius 3 is 2.72 bits per heavy atom. The Kier molecular flexibility index (Phi) is 4.99. The number of carbonyl (C=O) groups is 1. The van der Waals surface area contributed by atoms with Gasteiger partial charge < -0.3 is 10.6 Å². The van der Waals surface area contributed by atoms with Crippen LogP contribution in [0.5, 0.6) is 0 Å². The van der Waals surface area contributed by atoms with Crippen LogP contribution in [0.25, 0.3) is 0 Å². The molecular weight excluding hydrogens is 249 g/mol. The molecule has 2 amide bonds. The number of aromatic nitrogens is 2. The van der Waals surface area contributed by atoms with E-state index in [0.717, 1.165) is 11.3 Å². The average Bonchev–Trinajstić information content (AvgIpc) is 2.67. The molecule has 1 aromatic rings. The molecule has 5 nitrogen and oxygen atoms in total. The minimum absolute atomic E-state index is 0.314. The molecule has 1 rings (SSSR count). The quantitative estimate of drug-likeness (QED) is 0.705. The van der Waals surface area contributed by atoms with Crippen LogP contribution in [-0.4, -0.2) is 35.5 Å². The van der Waals surface area contributed by atoms with Crippen LogP contribution in [0.15, 0.2) is 6.20 Å². The first-order chi connectivity index (χ1) is 8.38. The van der Waals surface area contributed by atoms with Gasteiger partial charge in [0.05, 0.1) is 6.20 Å². The third-order valence-electron chi connectivity index (χ3n) is 2.29. The van der Waals surface area contributed by atoms with Crippen molar-refractivity contribution in [1.29, 1.82) is 0 Å². The summed E-state index contributed by atoms with van der Waals surface area (Å²) >= 11 is 0. The predicted molar refractivity (Wildman–Crippen MR) is 59.1 cm³/mol. The molecule has 0 aliphatic carbocycles. The Morgan fingerprint density at radius 1 is 1.44 bits per heavy atom. The number of amides is 2. The van der Waals surface area contributed by atoms with Crippen LogP contribution in [0.1, 0.15) is 17.7 Å². The highest BCUT2D eigenvalue weighted by Gasteiger charge is 2.27. The Bertz CT molecular complexity index is 389. The van der Waals surface area contributed by atoms with Crippen molar-refractivity contribution in [3.8, 4) is 0 Å². The fraction of sp³-hybridized carbons (Fsp3) is 0.600. The highest BCUT2D eigenvalue weighted by molar-refractivity contribution is 5.73. The Morgan fingerprint density at radius 2 is 2.17 bits per heavy atom. The summed E-state index contributed by atoms with van der Waals surface area (Å²) < 4.78 is 35.3. The van der Waals surface area contributed by atoms with Crippen LogP contribution in [0, 0.1) is 6.92 Å². The number of rotatable bonds is 5. The van der Waals surface area contributed by atoms with E-state index in [1.165, 1.54) is 0 Å². The number of nitrogens with one attached hydrogen (secondary N) is 3. The van der Waals surface area contributed by atoms with Crippen molar-refractivity contribution >= 4 is 6.03 Å². The monoisotopic (exact) mass is 264 g/mol. The number of H-pyrrole nitrogens is 1. The van der Waals surface area contributed by atoms with Crippen molar-refractivity contribution in [2.75, 3.05) is 13.1 Å². The summed E-state index contributed by atoms with van der Waals surface area (Å²) in [4.78, 5) is 11.0. The maximum atomic E-state index is 11.8. The minimum Gasteiger partial charge on any atom is -0.338 e. The summed E-state index contributed by atoms with van der Waals surface area (Å²) in [5.41, 5.74) is 1.99. The van der Waals surface area contributed by atoms with Crippen molar-refractivity contribution in [2.45, 2.75) is 25.9 Å². The number of aromatic amines is 1. The second-order valence-electron chi connectivity index (χ2n) is 3.85. The summed E-state index contributed by atoms with van der Waals surface area (Å²) in [6.07, 6.45) is -1.34. The van der Waals surface area contributed by atoms with E-state index < -0.39 is 18.8 Å². The van der Waals surface area contributed by atoms with Crippen LogP contribution in [0.3, 0.4) is 0 Å². The smallest absolute Gasteiger partial charge is 0.338 e. The van der Waals surface area contributed by atoms with Crippen LogP contribution in [-0.2, 0) is 6.42 Å². The maximum absolute atomic E-state index is 11.8. The lowest BCUT2D eigenvalue weighted by atomic mass is 10.1. The standard InChI is InChI=1S/C10H15F3N4O/c1-7-8(5-16-17-7)3-2-4-14-9(18)15-6-10(11,12)13/h5H,2-4,6H2,1H3,(H,16,17)(H2,14,15,18). The zero-order valence-corrected chi connectivity index (χ0v) is 9.90. The number of hydrogen-bond donors (Lipinski definition) is 3. The first-order valence-corrected chi connectivity index (χ1v) is 5.46. The summed E-state index contributed by atoms with van der Waals surface area (Å²) in [7, 11) is 0. The Hall–Kier alpha value is -1.73. The van der Waals surface area contributed by atoms with Crippen LogP contribution >= 0.6 is 0 Å². The largest absolute Gasteiger partial charge is 0.405 e. The Balaban J connectivity index is 2.11. The van der Waals surface area contributed by atoms with Gasteiger partial charge in [0.2, 0.25) is 0 Å². The Labute approximate surface area is 102 Å². The van der Waals surface area contributed by atoms with Crippen LogP contribution in [0.2, 0.25) is 0 Å². The van der Waals surface area contributed by atoms with Gasteiger partial charge in [-0.25, -0.2) is 4.79 Å². The molecule has 1 aromatic heterocycles. The summed E-state index contributed by atoms with van der Waals surface area (Å²) in [6, 6.07) is -0.809. The van der Waals surface area contributed by atoms with Crippen molar-refractivity contribution in [3.05, 3.63) is 17.5 Å². The first kappa shape index (κ1) is 14.3. The van der Waals surface area contributed by atoms with E-state index in [-0.39, 0.29) is 0 Å². The van der Waals surface area contributed by atoms with E-state index in [0.29, 0.717) is 19.4 Å². The molecule has 0 saturated heterocycles. The van der Waals surface area contributed by atoms with Gasteiger partial charge in [-0.2, -0.15) is 18.3 Å². The lowest BCUT2D eigenvalue weighted by Gasteiger charge is -2.09. The highest BCUT2D eigenvalue weighted by atomic mass is 19.4. The van der Waals surface area contributed by atoms with Gasteiger partial charge in [-0.05, 0) is 25.3 Å². The number of alkyl halides is 3. The fourth-order valence-electron chi connectivity index (χ4n) is 1.35. The van der Waals surface area contributed by atoms with E-state index in [1.807, 2.05) is 6.92 Å². The van der Waals surface area contributed by atoms with E-state index in [2.05, 4.69) is 15.5 Å². The predicted octanol–water partition coefficient (Wildman–Crippen LogP) is 1.51. The van der Waals surface area contributed by atoms with E-state index in [4.69, 9.17) is 0 Å². The second kappa shape index (κ2) is 6.27. The number of urea groups is 1. The molecule has 0 spiro atoms. The molecule has 0 unspecified atom stereocenters. The van der Waals surface area contributed by atoms with Gasteiger partial charge in [0.15, 0.2) is 0 Å². The molecule has 0 aliphatic rings. The van der Waals surface area contributed by atoms with Crippen molar-refractivity contribution in [1.82, 2.24) is 20.8 Å². The molecule has 0 saturated carbocycles. The fourth-order valence-corrected chi connectivity index (χ4v) is 1.35. The molecule has 3 N–H and O–H groups in total. The van der Waals surface area contributed by atoms with Gasteiger partial charge in [0.25, 0.3) is 0 Å². The van der Waals surface area contributed by atoms with E-state index in [1.54, 1.807) is 11.5 Å².